The number of hydrogen-bond donors (Lipinski definition) is 2. The van der Waals surface area contributed by atoms with Crippen molar-refractivity contribution in [2.75, 3.05) is 33.2 Å². The second-order valence-corrected chi connectivity index (χ2v) is 5.64. The number of likely N-dealkylation sites (N-methyl/N-ethyl adjacent to an activating group) is 1. The Balaban J connectivity index is 1.98. The third-order valence-corrected chi connectivity index (χ3v) is 4.43. The normalized spacial score (nSPS) is 32.4. The van der Waals surface area contributed by atoms with Crippen LogP contribution in [-0.2, 0) is 4.79 Å². The van der Waals surface area contributed by atoms with Gasteiger partial charge < -0.3 is 10.6 Å². The van der Waals surface area contributed by atoms with E-state index in [2.05, 4.69) is 15.5 Å². The molecule has 0 saturated carbocycles. The van der Waals surface area contributed by atoms with Gasteiger partial charge in [0.2, 0.25) is 5.91 Å². The molecule has 0 aliphatic carbocycles. The third-order valence-electron chi connectivity index (χ3n) is 4.43. The predicted octanol–water partition coefficient (Wildman–Crippen LogP) is 0.587. The van der Waals surface area contributed by atoms with Crippen molar-refractivity contribution in [3.05, 3.63) is 0 Å². The Labute approximate surface area is 104 Å². The zero-order valence-electron chi connectivity index (χ0n) is 11.1. The van der Waals surface area contributed by atoms with Crippen LogP contribution in [0.15, 0.2) is 0 Å². The Bertz CT molecular complexity index is 268. The minimum Gasteiger partial charge on any atom is -0.358 e. The molecule has 2 saturated heterocycles. The maximum absolute atomic E-state index is 11.7. The van der Waals surface area contributed by atoms with Crippen molar-refractivity contribution < 1.29 is 4.79 Å². The maximum atomic E-state index is 11.7. The lowest BCUT2D eigenvalue weighted by molar-refractivity contribution is -0.126. The highest BCUT2D eigenvalue weighted by Gasteiger charge is 2.38. The van der Waals surface area contributed by atoms with Crippen LogP contribution in [0.4, 0.5) is 0 Å². The number of carbonyl (C=O) groups is 1. The number of carbonyl (C=O) groups excluding carboxylic acids is 1. The molecule has 2 N–H and O–H groups in total. The summed E-state index contributed by atoms with van der Waals surface area (Å²) in [5.74, 6) is 0.144. The Morgan fingerprint density at radius 2 is 2.18 bits per heavy atom. The second-order valence-electron chi connectivity index (χ2n) is 5.64. The highest BCUT2D eigenvalue weighted by atomic mass is 16.2. The van der Waals surface area contributed by atoms with E-state index in [-0.39, 0.29) is 11.9 Å². The summed E-state index contributed by atoms with van der Waals surface area (Å²) in [6.45, 7) is 6.45. The van der Waals surface area contributed by atoms with Crippen LogP contribution in [0.1, 0.15) is 32.6 Å². The number of rotatable bonds is 2. The first kappa shape index (κ1) is 12.8. The maximum Gasteiger partial charge on any atom is 0.236 e. The molecule has 0 aromatic carbocycles. The smallest absolute Gasteiger partial charge is 0.236 e. The summed E-state index contributed by atoms with van der Waals surface area (Å²) >= 11 is 0. The fourth-order valence-electron chi connectivity index (χ4n) is 3.33. The summed E-state index contributed by atoms with van der Waals surface area (Å²) in [5.41, 5.74) is 0.429. The first-order chi connectivity index (χ1) is 8.17. The molecule has 2 fully saturated rings. The number of amides is 1. The third kappa shape index (κ3) is 2.80. The molecule has 4 heteroatoms. The molecule has 0 radical (unpaired) electrons. The molecule has 17 heavy (non-hydrogen) atoms. The topological polar surface area (TPSA) is 44.4 Å². The van der Waals surface area contributed by atoms with E-state index in [1.54, 1.807) is 7.05 Å². The number of nitrogens with zero attached hydrogens (tertiary/aromatic N) is 1. The van der Waals surface area contributed by atoms with Crippen LogP contribution in [0.2, 0.25) is 0 Å². The number of likely N-dealkylation sites (tertiary alicyclic amines) is 1. The van der Waals surface area contributed by atoms with E-state index in [9.17, 15) is 4.79 Å². The summed E-state index contributed by atoms with van der Waals surface area (Å²) in [5, 5.41) is 6.28. The van der Waals surface area contributed by atoms with Crippen molar-refractivity contribution >= 4 is 5.91 Å². The molecule has 4 nitrogen and oxygen atoms in total. The van der Waals surface area contributed by atoms with Gasteiger partial charge in [0.15, 0.2) is 0 Å². The van der Waals surface area contributed by atoms with Gasteiger partial charge in [-0.05, 0) is 51.1 Å². The first-order valence-electron chi connectivity index (χ1n) is 6.83. The van der Waals surface area contributed by atoms with Crippen molar-refractivity contribution in [3.8, 4) is 0 Å². The van der Waals surface area contributed by atoms with Crippen molar-refractivity contribution in [2.45, 2.75) is 38.6 Å². The average Bonchev–Trinajstić information content (AvgIpc) is 2.38. The Morgan fingerprint density at radius 1 is 1.41 bits per heavy atom. The molecule has 2 atom stereocenters. The van der Waals surface area contributed by atoms with Crippen LogP contribution in [0.25, 0.3) is 0 Å². The molecule has 1 spiro atoms. The van der Waals surface area contributed by atoms with Gasteiger partial charge in [-0.2, -0.15) is 0 Å². The molecule has 2 heterocycles. The first-order valence-corrected chi connectivity index (χ1v) is 6.83. The largest absolute Gasteiger partial charge is 0.358 e. The lowest BCUT2D eigenvalue weighted by Crippen LogP contribution is -2.55. The molecule has 2 unspecified atom stereocenters. The molecule has 1 amide bonds. The van der Waals surface area contributed by atoms with Gasteiger partial charge in [-0.1, -0.05) is 0 Å². The number of hydrogen-bond acceptors (Lipinski definition) is 3. The molecule has 2 aliphatic heterocycles. The van der Waals surface area contributed by atoms with Crippen LogP contribution < -0.4 is 10.6 Å². The van der Waals surface area contributed by atoms with Crippen LogP contribution >= 0.6 is 0 Å². The SMILES string of the molecule is CNC(=O)C(C)N1CCCC2(CCCNC2)C1. The predicted molar refractivity (Wildman–Crippen MR) is 68.9 cm³/mol. The van der Waals surface area contributed by atoms with Gasteiger partial charge in [-0.15, -0.1) is 0 Å². The standard InChI is InChI=1S/C13H25N3O/c1-11(12(17)14-2)16-8-4-6-13(10-16)5-3-7-15-9-13/h11,15H,3-10H2,1-2H3,(H,14,17). The van der Waals surface area contributed by atoms with Crippen LogP contribution in [0, 0.1) is 5.41 Å². The lowest BCUT2D eigenvalue weighted by atomic mass is 9.74. The number of piperidine rings is 2. The van der Waals surface area contributed by atoms with E-state index in [0.717, 1.165) is 26.2 Å². The summed E-state index contributed by atoms with van der Waals surface area (Å²) in [6, 6.07) is 0.0131. The van der Waals surface area contributed by atoms with E-state index in [4.69, 9.17) is 0 Å². The molecular weight excluding hydrogens is 214 g/mol. The number of nitrogens with one attached hydrogen (secondary N) is 2. The van der Waals surface area contributed by atoms with Gasteiger partial charge >= 0.3 is 0 Å². The second kappa shape index (κ2) is 5.36. The van der Waals surface area contributed by atoms with E-state index in [1.807, 2.05) is 6.92 Å². The van der Waals surface area contributed by atoms with Crippen LogP contribution in [-0.4, -0.2) is 50.1 Å². The van der Waals surface area contributed by atoms with E-state index in [1.165, 1.54) is 25.7 Å². The van der Waals surface area contributed by atoms with Gasteiger partial charge in [0, 0.05) is 20.1 Å². The average molecular weight is 239 g/mol. The zero-order chi connectivity index (χ0) is 12.3. The Morgan fingerprint density at radius 3 is 2.82 bits per heavy atom. The summed E-state index contributed by atoms with van der Waals surface area (Å²) < 4.78 is 0. The Hall–Kier alpha value is -0.610. The molecule has 0 aromatic heterocycles. The van der Waals surface area contributed by atoms with Crippen LogP contribution in [0.3, 0.4) is 0 Å². The monoisotopic (exact) mass is 239 g/mol. The van der Waals surface area contributed by atoms with E-state index < -0.39 is 0 Å². The minimum absolute atomic E-state index is 0.0131. The summed E-state index contributed by atoms with van der Waals surface area (Å²) in [4.78, 5) is 14.1. The summed E-state index contributed by atoms with van der Waals surface area (Å²) in [6.07, 6.45) is 5.14. The van der Waals surface area contributed by atoms with Crippen molar-refractivity contribution in [2.24, 2.45) is 5.41 Å². The van der Waals surface area contributed by atoms with Crippen molar-refractivity contribution in [1.29, 1.82) is 0 Å². The lowest BCUT2D eigenvalue weighted by Gasteiger charge is -2.46. The fourth-order valence-corrected chi connectivity index (χ4v) is 3.33. The molecular formula is C13H25N3O. The quantitative estimate of drug-likeness (QED) is 0.741. The summed E-state index contributed by atoms with van der Waals surface area (Å²) in [7, 11) is 1.72. The van der Waals surface area contributed by atoms with Crippen LogP contribution in [0.5, 0.6) is 0 Å². The molecule has 0 aromatic rings. The van der Waals surface area contributed by atoms with Crippen molar-refractivity contribution in [1.82, 2.24) is 15.5 Å². The van der Waals surface area contributed by atoms with Gasteiger partial charge in [0.1, 0.15) is 0 Å². The van der Waals surface area contributed by atoms with Gasteiger partial charge in [0.25, 0.3) is 0 Å². The van der Waals surface area contributed by atoms with E-state index in [0.29, 0.717) is 5.41 Å². The molecule has 0 bridgehead atoms. The molecule has 2 rings (SSSR count). The fraction of sp³-hybridized carbons (Fsp3) is 0.923. The Kier molecular flexibility index (Phi) is 4.05. The van der Waals surface area contributed by atoms with Gasteiger partial charge in [-0.25, -0.2) is 0 Å². The van der Waals surface area contributed by atoms with Crippen molar-refractivity contribution in [3.63, 3.8) is 0 Å². The molecule has 2 aliphatic rings. The highest BCUT2D eigenvalue weighted by molar-refractivity contribution is 5.80. The van der Waals surface area contributed by atoms with E-state index >= 15 is 0 Å². The molecule has 98 valence electrons. The highest BCUT2D eigenvalue weighted by Crippen LogP contribution is 2.36. The van der Waals surface area contributed by atoms with Gasteiger partial charge in [-0.3, -0.25) is 9.69 Å². The van der Waals surface area contributed by atoms with Gasteiger partial charge in [0.05, 0.1) is 6.04 Å². The minimum atomic E-state index is 0.0131. The zero-order valence-corrected chi connectivity index (χ0v) is 11.1.